The van der Waals surface area contributed by atoms with Crippen molar-refractivity contribution >= 4 is 21.6 Å². The van der Waals surface area contributed by atoms with Gasteiger partial charge in [-0.25, -0.2) is 8.42 Å². The number of sulfonamides is 1. The van der Waals surface area contributed by atoms with Gasteiger partial charge in [0.15, 0.2) is 0 Å². The first-order chi connectivity index (χ1) is 8.40. The van der Waals surface area contributed by atoms with Gasteiger partial charge < -0.3 is 11.5 Å². The lowest BCUT2D eigenvalue weighted by molar-refractivity contribution is 0.100. The van der Waals surface area contributed by atoms with E-state index in [1.54, 1.807) is 19.1 Å². The summed E-state index contributed by atoms with van der Waals surface area (Å²) in [5.74, 6) is -0.609. The zero-order valence-electron chi connectivity index (χ0n) is 10.1. The van der Waals surface area contributed by atoms with Crippen LogP contribution in [0.15, 0.2) is 24.3 Å². The molecule has 0 radical (unpaired) electrons. The minimum absolute atomic E-state index is 0.0430. The summed E-state index contributed by atoms with van der Waals surface area (Å²) >= 11 is 0. The molecule has 0 aliphatic heterocycles. The SMILES string of the molecule is CCC(CN)S(=O)(=O)Nc1cccc(C(N)=O)c1. The molecule has 1 aromatic carbocycles. The summed E-state index contributed by atoms with van der Waals surface area (Å²) in [5.41, 5.74) is 11.1. The van der Waals surface area contributed by atoms with Crippen molar-refractivity contribution in [3.8, 4) is 0 Å². The summed E-state index contributed by atoms with van der Waals surface area (Å²) < 4.78 is 26.3. The molecule has 0 fully saturated rings. The van der Waals surface area contributed by atoms with Crippen molar-refractivity contribution in [1.29, 1.82) is 0 Å². The first kappa shape index (κ1) is 14.5. The lowest BCUT2D eigenvalue weighted by Gasteiger charge is -2.15. The van der Waals surface area contributed by atoms with Crippen LogP contribution < -0.4 is 16.2 Å². The van der Waals surface area contributed by atoms with Crippen LogP contribution in [0.1, 0.15) is 23.7 Å². The monoisotopic (exact) mass is 271 g/mol. The van der Waals surface area contributed by atoms with Crippen molar-refractivity contribution in [3.63, 3.8) is 0 Å². The Kier molecular flexibility index (Phi) is 4.69. The van der Waals surface area contributed by atoms with Gasteiger partial charge in [-0.15, -0.1) is 0 Å². The smallest absolute Gasteiger partial charge is 0.248 e. The van der Waals surface area contributed by atoms with E-state index in [0.717, 1.165) is 0 Å². The van der Waals surface area contributed by atoms with Gasteiger partial charge in [-0.2, -0.15) is 0 Å². The van der Waals surface area contributed by atoms with E-state index in [2.05, 4.69) is 4.72 Å². The second-order valence-electron chi connectivity index (χ2n) is 3.86. The maximum Gasteiger partial charge on any atom is 0.248 e. The van der Waals surface area contributed by atoms with E-state index in [0.29, 0.717) is 12.1 Å². The molecule has 1 rings (SSSR count). The van der Waals surface area contributed by atoms with Crippen LogP contribution in [0.5, 0.6) is 0 Å². The Morgan fingerprint density at radius 3 is 2.61 bits per heavy atom. The number of carbonyl (C=O) groups excluding carboxylic acids is 1. The van der Waals surface area contributed by atoms with Crippen LogP contribution in [0.4, 0.5) is 5.69 Å². The molecule has 5 N–H and O–H groups in total. The minimum Gasteiger partial charge on any atom is -0.366 e. The third-order valence-corrected chi connectivity index (χ3v) is 4.49. The van der Waals surface area contributed by atoms with Gasteiger partial charge in [0.1, 0.15) is 0 Å². The average molecular weight is 271 g/mol. The molecule has 0 aliphatic carbocycles. The van der Waals surface area contributed by atoms with Crippen LogP contribution in [0, 0.1) is 0 Å². The largest absolute Gasteiger partial charge is 0.366 e. The highest BCUT2D eigenvalue weighted by molar-refractivity contribution is 7.93. The number of nitrogens with one attached hydrogen (secondary N) is 1. The van der Waals surface area contributed by atoms with Gasteiger partial charge in [0.25, 0.3) is 0 Å². The van der Waals surface area contributed by atoms with Gasteiger partial charge in [-0.3, -0.25) is 9.52 Å². The highest BCUT2D eigenvalue weighted by Gasteiger charge is 2.22. The van der Waals surface area contributed by atoms with E-state index in [1.807, 2.05) is 0 Å². The molecule has 1 atom stereocenters. The van der Waals surface area contributed by atoms with Gasteiger partial charge in [0.05, 0.1) is 5.25 Å². The fraction of sp³-hybridized carbons (Fsp3) is 0.364. The molecule has 100 valence electrons. The minimum atomic E-state index is -3.55. The van der Waals surface area contributed by atoms with Gasteiger partial charge in [-0.1, -0.05) is 13.0 Å². The van der Waals surface area contributed by atoms with Crippen molar-refractivity contribution in [2.24, 2.45) is 11.5 Å². The average Bonchev–Trinajstić information content (AvgIpc) is 2.29. The number of hydrogen-bond donors (Lipinski definition) is 3. The molecule has 1 aromatic rings. The zero-order chi connectivity index (χ0) is 13.8. The standard InChI is InChI=1S/C11H17N3O3S/c1-2-10(7-12)18(16,17)14-9-5-3-4-8(6-9)11(13)15/h3-6,10,14H,2,7,12H2,1H3,(H2,13,15). The number of primary amides is 1. The summed E-state index contributed by atoms with van der Waals surface area (Å²) in [6, 6.07) is 6.01. The Balaban J connectivity index is 2.97. The Labute approximate surface area is 106 Å². The summed E-state index contributed by atoms with van der Waals surface area (Å²) in [4.78, 5) is 11.0. The van der Waals surface area contributed by atoms with E-state index in [-0.39, 0.29) is 12.1 Å². The molecule has 18 heavy (non-hydrogen) atoms. The van der Waals surface area contributed by atoms with Crippen LogP contribution in [-0.4, -0.2) is 26.1 Å². The first-order valence-electron chi connectivity index (χ1n) is 5.52. The molecule has 1 unspecified atom stereocenters. The summed E-state index contributed by atoms with van der Waals surface area (Å²) in [5, 5.41) is -0.658. The van der Waals surface area contributed by atoms with Crippen molar-refractivity contribution < 1.29 is 13.2 Å². The summed E-state index contributed by atoms with van der Waals surface area (Å²) in [6.07, 6.45) is 0.418. The van der Waals surface area contributed by atoms with E-state index in [1.165, 1.54) is 12.1 Å². The fourth-order valence-corrected chi connectivity index (χ4v) is 2.81. The number of benzene rings is 1. The molecule has 0 heterocycles. The molecule has 7 heteroatoms. The summed E-state index contributed by atoms with van der Waals surface area (Å²) in [7, 11) is -3.55. The molecule has 0 spiro atoms. The van der Waals surface area contributed by atoms with Gasteiger partial charge in [-0.05, 0) is 24.6 Å². The zero-order valence-corrected chi connectivity index (χ0v) is 10.9. The molecular formula is C11H17N3O3S. The van der Waals surface area contributed by atoms with Crippen molar-refractivity contribution in [3.05, 3.63) is 29.8 Å². The van der Waals surface area contributed by atoms with Crippen molar-refractivity contribution in [1.82, 2.24) is 0 Å². The van der Waals surface area contributed by atoms with Gasteiger partial charge in [0, 0.05) is 17.8 Å². The Morgan fingerprint density at radius 2 is 2.11 bits per heavy atom. The predicted molar refractivity (Wildman–Crippen MR) is 70.6 cm³/mol. The predicted octanol–water partition coefficient (Wildman–Crippen LogP) is 0.265. The third-order valence-electron chi connectivity index (χ3n) is 2.56. The van der Waals surface area contributed by atoms with E-state index in [4.69, 9.17) is 11.5 Å². The highest BCUT2D eigenvalue weighted by atomic mass is 32.2. The van der Waals surface area contributed by atoms with Crippen LogP contribution in [0.25, 0.3) is 0 Å². The van der Waals surface area contributed by atoms with Crippen LogP contribution in [0.2, 0.25) is 0 Å². The molecule has 0 aromatic heterocycles. The quantitative estimate of drug-likeness (QED) is 0.688. The maximum absolute atomic E-state index is 11.9. The Hall–Kier alpha value is -1.60. The van der Waals surface area contributed by atoms with Crippen LogP contribution in [-0.2, 0) is 10.0 Å². The second kappa shape index (κ2) is 5.83. The van der Waals surface area contributed by atoms with Crippen LogP contribution >= 0.6 is 0 Å². The van der Waals surface area contributed by atoms with Crippen molar-refractivity contribution in [2.45, 2.75) is 18.6 Å². The number of amides is 1. The first-order valence-corrected chi connectivity index (χ1v) is 7.07. The second-order valence-corrected chi connectivity index (χ2v) is 5.82. The highest BCUT2D eigenvalue weighted by Crippen LogP contribution is 2.15. The lowest BCUT2D eigenvalue weighted by atomic mass is 10.2. The number of carbonyl (C=O) groups is 1. The van der Waals surface area contributed by atoms with Crippen LogP contribution in [0.3, 0.4) is 0 Å². The lowest BCUT2D eigenvalue weighted by Crippen LogP contribution is -2.33. The molecule has 0 saturated heterocycles. The molecule has 6 nitrogen and oxygen atoms in total. The number of nitrogens with two attached hydrogens (primary N) is 2. The number of anilines is 1. The normalized spacial score (nSPS) is 13.0. The van der Waals surface area contributed by atoms with Gasteiger partial charge in [0.2, 0.25) is 15.9 Å². The molecule has 0 saturated carbocycles. The number of rotatable bonds is 6. The molecule has 1 amide bonds. The molecular weight excluding hydrogens is 254 g/mol. The Morgan fingerprint density at radius 1 is 1.44 bits per heavy atom. The van der Waals surface area contributed by atoms with E-state index >= 15 is 0 Å². The third kappa shape index (κ3) is 3.44. The summed E-state index contributed by atoms with van der Waals surface area (Å²) in [6.45, 7) is 1.79. The fourth-order valence-electron chi connectivity index (χ4n) is 1.50. The van der Waals surface area contributed by atoms with Gasteiger partial charge >= 0.3 is 0 Å². The topological polar surface area (TPSA) is 115 Å². The van der Waals surface area contributed by atoms with E-state index < -0.39 is 21.2 Å². The maximum atomic E-state index is 11.9. The molecule has 0 bridgehead atoms. The molecule has 0 aliphatic rings. The van der Waals surface area contributed by atoms with E-state index in [9.17, 15) is 13.2 Å². The van der Waals surface area contributed by atoms with Crippen molar-refractivity contribution in [2.75, 3.05) is 11.3 Å². The number of hydrogen-bond acceptors (Lipinski definition) is 4. The Bertz CT molecular complexity index is 524.